The summed E-state index contributed by atoms with van der Waals surface area (Å²) in [6, 6.07) is 6.25. The van der Waals surface area contributed by atoms with Gasteiger partial charge in [-0.1, -0.05) is 11.6 Å². The van der Waals surface area contributed by atoms with Crippen LogP contribution < -0.4 is 4.74 Å². The van der Waals surface area contributed by atoms with Crippen molar-refractivity contribution in [1.82, 2.24) is 4.98 Å². The zero-order valence-corrected chi connectivity index (χ0v) is 11.6. The molecule has 0 amide bonds. The van der Waals surface area contributed by atoms with Crippen LogP contribution in [0.1, 0.15) is 10.4 Å². The maximum atomic E-state index is 12.9. The van der Waals surface area contributed by atoms with E-state index in [9.17, 15) is 9.18 Å². The van der Waals surface area contributed by atoms with Crippen molar-refractivity contribution in [1.29, 1.82) is 0 Å². The van der Waals surface area contributed by atoms with Crippen LogP contribution in [0, 0.1) is 5.82 Å². The fourth-order valence-electron chi connectivity index (χ4n) is 1.32. The average Bonchev–Trinajstić information content (AvgIpc) is 2.32. The second kappa shape index (κ2) is 5.54. The second-order valence-electron chi connectivity index (χ2n) is 3.50. The van der Waals surface area contributed by atoms with E-state index in [0.717, 1.165) is 0 Å². The summed E-state index contributed by atoms with van der Waals surface area (Å²) < 4.78 is 18.7. The molecule has 1 heterocycles. The van der Waals surface area contributed by atoms with Gasteiger partial charge in [0.05, 0.1) is 10.0 Å². The van der Waals surface area contributed by atoms with Crippen LogP contribution in [0.25, 0.3) is 0 Å². The molecule has 19 heavy (non-hydrogen) atoms. The van der Waals surface area contributed by atoms with Crippen molar-refractivity contribution in [3.63, 3.8) is 0 Å². The van der Waals surface area contributed by atoms with Gasteiger partial charge in [-0.25, -0.2) is 14.2 Å². The number of benzene rings is 1. The summed E-state index contributed by atoms with van der Waals surface area (Å²) >= 11 is 8.83. The van der Waals surface area contributed by atoms with E-state index in [1.165, 1.54) is 30.3 Å². The summed E-state index contributed by atoms with van der Waals surface area (Å²) in [5.41, 5.74) is -0.0479. The summed E-state index contributed by atoms with van der Waals surface area (Å²) in [4.78, 5) is 14.7. The Morgan fingerprint density at radius 3 is 2.74 bits per heavy atom. The molecule has 4 nitrogen and oxygen atoms in total. The topological polar surface area (TPSA) is 59.4 Å². The fourth-order valence-corrected chi connectivity index (χ4v) is 1.95. The van der Waals surface area contributed by atoms with Gasteiger partial charge in [0, 0.05) is 6.07 Å². The summed E-state index contributed by atoms with van der Waals surface area (Å²) in [5, 5.41) is 8.88. The van der Waals surface area contributed by atoms with Gasteiger partial charge in [0.2, 0.25) is 5.88 Å². The summed E-state index contributed by atoms with van der Waals surface area (Å²) in [6.07, 6.45) is 0. The molecule has 2 aromatic rings. The van der Waals surface area contributed by atoms with E-state index < -0.39 is 11.8 Å². The van der Waals surface area contributed by atoms with E-state index in [2.05, 4.69) is 20.9 Å². The SMILES string of the molecule is O=C(O)c1cc(Cl)nc(Oc2ccc(F)cc2Br)c1. The summed E-state index contributed by atoms with van der Waals surface area (Å²) in [5.74, 6) is -1.26. The first-order chi connectivity index (χ1) is 8.95. The molecule has 0 fully saturated rings. The minimum Gasteiger partial charge on any atom is -0.478 e. The van der Waals surface area contributed by atoms with Gasteiger partial charge in [-0.15, -0.1) is 0 Å². The largest absolute Gasteiger partial charge is 0.478 e. The first kappa shape index (κ1) is 13.8. The smallest absolute Gasteiger partial charge is 0.335 e. The zero-order chi connectivity index (χ0) is 14.0. The van der Waals surface area contributed by atoms with E-state index in [1.807, 2.05) is 0 Å². The van der Waals surface area contributed by atoms with Gasteiger partial charge in [-0.05, 0) is 40.2 Å². The number of aromatic carboxylic acids is 1. The zero-order valence-electron chi connectivity index (χ0n) is 9.23. The number of halogens is 3. The molecule has 0 atom stereocenters. The maximum Gasteiger partial charge on any atom is 0.335 e. The van der Waals surface area contributed by atoms with Gasteiger partial charge in [-0.3, -0.25) is 0 Å². The molecule has 2 rings (SSSR count). The Kier molecular flexibility index (Phi) is 4.01. The quantitative estimate of drug-likeness (QED) is 0.849. The minimum absolute atomic E-state index is 0.00636. The van der Waals surface area contributed by atoms with Gasteiger partial charge in [0.25, 0.3) is 0 Å². The Balaban J connectivity index is 2.35. The van der Waals surface area contributed by atoms with Gasteiger partial charge in [0.1, 0.15) is 16.7 Å². The third-order valence-electron chi connectivity index (χ3n) is 2.13. The van der Waals surface area contributed by atoms with Gasteiger partial charge in [0.15, 0.2) is 0 Å². The predicted octanol–water partition coefficient (Wildman–Crippen LogP) is 4.13. The molecule has 0 aliphatic carbocycles. The molecule has 0 bridgehead atoms. The standard InChI is InChI=1S/C12H6BrClFNO3/c13-8-5-7(15)1-2-9(8)19-11-4-6(12(17)18)3-10(14)16-11/h1-5H,(H,17,18). The average molecular weight is 347 g/mol. The lowest BCUT2D eigenvalue weighted by atomic mass is 10.3. The van der Waals surface area contributed by atoms with E-state index in [-0.39, 0.29) is 16.6 Å². The lowest BCUT2D eigenvalue weighted by Gasteiger charge is -2.07. The van der Waals surface area contributed by atoms with Crippen LogP contribution in [0.4, 0.5) is 4.39 Å². The van der Waals surface area contributed by atoms with Crippen LogP contribution in [0.5, 0.6) is 11.6 Å². The molecule has 0 aliphatic heterocycles. The van der Waals surface area contributed by atoms with Crippen molar-refractivity contribution in [2.45, 2.75) is 0 Å². The summed E-state index contributed by atoms with van der Waals surface area (Å²) in [6.45, 7) is 0. The van der Waals surface area contributed by atoms with Crippen molar-refractivity contribution < 1.29 is 19.0 Å². The van der Waals surface area contributed by atoms with Crippen molar-refractivity contribution in [2.24, 2.45) is 0 Å². The number of hydrogen-bond donors (Lipinski definition) is 1. The molecule has 0 spiro atoms. The molecule has 0 unspecified atom stereocenters. The number of carboxylic acid groups (broad SMARTS) is 1. The van der Waals surface area contributed by atoms with Crippen molar-refractivity contribution in [3.05, 3.63) is 51.3 Å². The Morgan fingerprint density at radius 1 is 1.37 bits per heavy atom. The van der Waals surface area contributed by atoms with Crippen molar-refractivity contribution >= 4 is 33.5 Å². The molecule has 1 aromatic heterocycles. The van der Waals surface area contributed by atoms with Gasteiger partial charge < -0.3 is 9.84 Å². The molecule has 0 radical (unpaired) electrons. The van der Waals surface area contributed by atoms with Gasteiger partial charge in [-0.2, -0.15) is 0 Å². The lowest BCUT2D eigenvalue weighted by molar-refractivity contribution is 0.0696. The molecule has 0 saturated carbocycles. The van der Waals surface area contributed by atoms with E-state index in [4.69, 9.17) is 21.4 Å². The Bertz CT molecular complexity index is 651. The molecule has 7 heteroatoms. The summed E-state index contributed by atoms with van der Waals surface area (Å²) in [7, 11) is 0. The van der Waals surface area contributed by atoms with Crippen LogP contribution in [0.2, 0.25) is 5.15 Å². The maximum absolute atomic E-state index is 12.9. The monoisotopic (exact) mass is 345 g/mol. The van der Waals surface area contributed by atoms with Crippen LogP contribution in [-0.2, 0) is 0 Å². The normalized spacial score (nSPS) is 10.3. The number of carbonyl (C=O) groups is 1. The molecular weight excluding hydrogens is 340 g/mol. The third kappa shape index (κ3) is 3.42. The highest BCUT2D eigenvalue weighted by Crippen LogP contribution is 2.30. The molecule has 98 valence electrons. The number of ether oxygens (including phenoxy) is 1. The fraction of sp³-hybridized carbons (Fsp3) is 0. The highest BCUT2D eigenvalue weighted by molar-refractivity contribution is 9.10. The molecule has 0 aliphatic rings. The predicted molar refractivity (Wildman–Crippen MR) is 70.4 cm³/mol. The number of carboxylic acids is 1. The number of pyridine rings is 1. The number of hydrogen-bond acceptors (Lipinski definition) is 3. The van der Waals surface area contributed by atoms with E-state index >= 15 is 0 Å². The van der Waals surface area contributed by atoms with Gasteiger partial charge >= 0.3 is 5.97 Å². The van der Waals surface area contributed by atoms with E-state index in [1.54, 1.807) is 0 Å². The first-order valence-electron chi connectivity index (χ1n) is 4.99. The number of aromatic nitrogens is 1. The lowest BCUT2D eigenvalue weighted by Crippen LogP contribution is -1.99. The van der Waals surface area contributed by atoms with Crippen LogP contribution in [0.3, 0.4) is 0 Å². The van der Waals surface area contributed by atoms with Crippen molar-refractivity contribution in [3.8, 4) is 11.6 Å². The molecule has 1 N–H and O–H groups in total. The molecular formula is C12H6BrClFNO3. The molecule has 0 saturated heterocycles. The van der Waals surface area contributed by atoms with Crippen LogP contribution in [-0.4, -0.2) is 16.1 Å². The second-order valence-corrected chi connectivity index (χ2v) is 4.74. The third-order valence-corrected chi connectivity index (χ3v) is 2.94. The first-order valence-corrected chi connectivity index (χ1v) is 6.16. The Hall–Kier alpha value is -1.66. The number of rotatable bonds is 3. The highest BCUT2D eigenvalue weighted by atomic mass is 79.9. The van der Waals surface area contributed by atoms with Crippen molar-refractivity contribution in [2.75, 3.05) is 0 Å². The number of nitrogens with zero attached hydrogens (tertiary/aromatic N) is 1. The highest BCUT2D eigenvalue weighted by Gasteiger charge is 2.10. The van der Waals surface area contributed by atoms with E-state index in [0.29, 0.717) is 10.2 Å². The van der Waals surface area contributed by atoms with Crippen LogP contribution in [0.15, 0.2) is 34.8 Å². The molecule has 1 aromatic carbocycles. The van der Waals surface area contributed by atoms with Crippen LogP contribution >= 0.6 is 27.5 Å². The Labute approximate surface area is 120 Å². The minimum atomic E-state index is -1.15. The Morgan fingerprint density at radius 2 is 2.11 bits per heavy atom.